The Morgan fingerprint density at radius 3 is 2.56 bits per heavy atom. The van der Waals surface area contributed by atoms with Crippen LogP contribution < -0.4 is 5.32 Å². The second-order valence-electron chi connectivity index (χ2n) is 5.50. The Balaban J connectivity index is 2.43. The van der Waals surface area contributed by atoms with E-state index in [0.717, 1.165) is 19.6 Å². The quantitative estimate of drug-likeness (QED) is 0.711. The molecule has 0 spiro atoms. The molecule has 1 unspecified atom stereocenters. The van der Waals surface area contributed by atoms with Crippen molar-refractivity contribution >= 4 is 10.0 Å². The van der Waals surface area contributed by atoms with Gasteiger partial charge >= 0.3 is 0 Å². The van der Waals surface area contributed by atoms with Gasteiger partial charge in [0.2, 0.25) is 10.0 Å². The highest BCUT2D eigenvalue weighted by Gasteiger charge is 2.30. The minimum Gasteiger partial charge on any atom is -0.314 e. The number of piperazine rings is 1. The molecule has 0 aliphatic carbocycles. The third-order valence-electron chi connectivity index (χ3n) is 3.26. The van der Waals surface area contributed by atoms with Crippen LogP contribution in [0.1, 0.15) is 27.2 Å². The van der Waals surface area contributed by atoms with E-state index >= 15 is 0 Å². The number of likely N-dealkylation sites (N-methyl/N-ethyl adjacent to an activating group) is 1. The first-order valence-corrected chi connectivity index (χ1v) is 8.35. The van der Waals surface area contributed by atoms with Gasteiger partial charge in [0.05, 0.1) is 5.75 Å². The zero-order chi connectivity index (χ0) is 13.8. The molecule has 1 aliphatic rings. The predicted molar refractivity (Wildman–Crippen MR) is 75.2 cm³/mol. The fourth-order valence-electron chi connectivity index (χ4n) is 2.30. The van der Waals surface area contributed by atoms with E-state index in [9.17, 15) is 8.42 Å². The molecule has 1 fully saturated rings. The Bertz CT molecular complexity index is 343. The SMILES string of the molecule is CC(C)NCCCS(=O)(=O)N1CCN(C)CC1C. The molecule has 18 heavy (non-hydrogen) atoms. The van der Waals surface area contributed by atoms with Crippen LogP contribution in [0, 0.1) is 0 Å². The van der Waals surface area contributed by atoms with E-state index in [2.05, 4.69) is 24.1 Å². The highest BCUT2D eigenvalue weighted by molar-refractivity contribution is 7.89. The highest BCUT2D eigenvalue weighted by Crippen LogP contribution is 2.14. The largest absolute Gasteiger partial charge is 0.314 e. The van der Waals surface area contributed by atoms with E-state index in [-0.39, 0.29) is 11.8 Å². The first-order chi connectivity index (χ1) is 8.33. The fourth-order valence-corrected chi connectivity index (χ4v) is 4.02. The molecule has 0 amide bonds. The molecule has 1 rings (SSSR count). The number of hydrogen-bond acceptors (Lipinski definition) is 4. The summed E-state index contributed by atoms with van der Waals surface area (Å²) in [4.78, 5) is 2.18. The van der Waals surface area contributed by atoms with Crippen molar-refractivity contribution in [1.82, 2.24) is 14.5 Å². The van der Waals surface area contributed by atoms with Crippen LogP contribution in [-0.2, 0) is 10.0 Å². The lowest BCUT2D eigenvalue weighted by Crippen LogP contribution is -2.53. The number of rotatable bonds is 6. The number of nitrogens with one attached hydrogen (secondary N) is 1. The molecule has 0 aromatic carbocycles. The van der Waals surface area contributed by atoms with Crippen molar-refractivity contribution in [3.63, 3.8) is 0 Å². The summed E-state index contributed by atoms with van der Waals surface area (Å²) in [5.74, 6) is 0.251. The van der Waals surface area contributed by atoms with Crippen LogP contribution in [0.15, 0.2) is 0 Å². The van der Waals surface area contributed by atoms with Crippen molar-refractivity contribution in [2.75, 3.05) is 39.0 Å². The van der Waals surface area contributed by atoms with Crippen molar-refractivity contribution in [1.29, 1.82) is 0 Å². The predicted octanol–water partition coefficient (Wildman–Crippen LogP) is 0.340. The molecule has 1 N–H and O–H groups in total. The lowest BCUT2D eigenvalue weighted by Gasteiger charge is -2.37. The lowest BCUT2D eigenvalue weighted by molar-refractivity contribution is 0.170. The Kier molecular flexibility index (Phi) is 6.04. The van der Waals surface area contributed by atoms with Crippen molar-refractivity contribution < 1.29 is 8.42 Å². The molecule has 5 nitrogen and oxygen atoms in total. The van der Waals surface area contributed by atoms with Gasteiger partial charge in [0.15, 0.2) is 0 Å². The first kappa shape index (κ1) is 15.9. The maximum absolute atomic E-state index is 12.2. The van der Waals surface area contributed by atoms with Crippen LogP contribution in [0.4, 0.5) is 0 Å². The molecule has 108 valence electrons. The molecule has 0 aromatic heterocycles. The van der Waals surface area contributed by atoms with Gasteiger partial charge in [0.1, 0.15) is 0 Å². The summed E-state index contributed by atoms with van der Waals surface area (Å²) in [5.41, 5.74) is 0. The average molecular weight is 277 g/mol. The maximum atomic E-state index is 12.2. The standard InChI is InChI=1S/C12H27N3O2S/c1-11(2)13-6-5-9-18(16,17)15-8-7-14(4)10-12(15)3/h11-13H,5-10H2,1-4H3. The Labute approximate surface area is 112 Å². The normalized spacial score (nSPS) is 23.7. The van der Waals surface area contributed by atoms with Crippen molar-refractivity contribution in [3.8, 4) is 0 Å². The summed E-state index contributed by atoms with van der Waals surface area (Å²) in [6.45, 7) is 9.15. The van der Waals surface area contributed by atoms with E-state index in [0.29, 0.717) is 19.0 Å². The molecule has 0 radical (unpaired) electrons. The topological polar surface area (TPSA) is 52.7 Å². The molecule has 6 heteroatoms. The Hall–Kier alpha value is -0.170. The molecule has 1 aliphatic heterocycles. The van der Waals surface area contributed by atoms with E-state index in [4.69, 9.17) is 0 Å². The van der Waals surface area contributed by atoms with Crippen LogP contribution >= 0.6 is 0 Å². The first-order valence-electron chi connectivity index (χ1n) is 6.74. The van der Waals surface area contributed by atoms with E-state index in [1.807, 2.05) is 14.0 Å². The third kappa shape index (κ3) is 4.84. The van der Waals surface area contributed by atoms with Crippen LogP contribution in [-0.4, -0.2) is 68.7 Å². The minimum atomic E-state index is -3.09. The molecular formula is C12H27N3O2S. The monoisotopic (exact) mass is 277 g/mol. The fraction of sp³-hybridized carbons (Fsp3) is 1.00. The van der Waals surface area contributed by atoms with Gasteiger partial charge in [-0.3, -0.25) is 0 Å². The second-order valence-corrected chi connectivity index (χ2v) is 7.54. The van der Waals surface area contributed by atoms with Gasteiger partial charge in [0, 0.05) is 31.7 Å². The van der Waals surface area contributed by atoms with Gasteiger partial charge in [0.25, 0.3) is 0 Å². The van der Waals surface area contributed by atoms with Crippen LogP contribution in [0.3, 0.4) is 0 Å². The maximum Gasteiger partial charge on any atom is 0.214 e. The number of nitrogens with zero attached hydrogens (tertiary/aromatic N) is 2. The van der Waals surface area contributed by atoms with Gasteiger partial charge in [-0.25, -0.2) is 8.42 Å². The van der Waals surface area contributed by atoms with Crippen LogP contribution in [0.25, 0.3) is 0 Å². The Morgan fingerprint density at radius 1 is 1.33 bits per heavy atom. The minimum absolute atomic E-state index is 0.0896. The molecule has 1 heterocycles. The van der Waals surface area contributed by atoms with Gasteiger partial charge in [-0.05, 0) is 26.9 Å². The summed E-state index contributed by atoms with van der Waals surface area (Å²) in [5, 5.41) is 3.25. The number of sulfonamides is 1. The summed E-state index contributed by atoms with van der Waals surface area (Å²) in [6.07, 6.45) is 0.680. The van der Waals surface area contributed by atoms with Gasteiger partial charge < -0.3 is 10.2 Å². The number of hydrogen-bond donors (Lipinski definition) is 1. The molecular weight excluding hydrogens is 250 g/mol. The van der Waals surface area contributed by atoms with E-state index in [1.54, 1.807) is 4.31 Å². The average Bonchev–Trinajstić information content (AvgIpc) is 2.23. The van der Waals surface area contributed by atoms with Crippen molar-refractivity contribution in [3.05, 3.63) is 0 Å². The van der Waals surface area contributed by atoms with Crippen molar-refractivity contribution in [2.45, 2.75) is 39.3 Å². The molecule has 0 saturated carbocycles. The van der Waals surface area contributed by atoms with E-state index < -0.39 is 10.0 Å². The molecule has 1 atom stereocenters. The smallest absolute Gasteiger partial charge is 0.214 e. The molecule has 0 bridgehead atoms. The van der Waals surface area contributed by atoms with Crippen LogP contribution in [0.5, 0.6) is 0 Å². The summed E-state index contributed by atoms with van der Waals surface area (Å²) in [7, 11) is -1.05. The van der Waals surface area contributed by atoms with Crippen LogP contribution in [0.2, 0.25) is 0 Å². The highest BCUT2D eigenvalue weighted by atomic mass is 32.2. The van der Waals surface area contributed by atoms with Gasteiger partial charge in [-0.1, -0.05) is 13.8 Å². The zero-order valence-corrected chi connectivity index (χ0v) is 12.8. The van der Waals surface area contributed by atoms with E-state index in [1.165, 1.54) is 0 Å². The molecule has 0 aromatic rings. The van der Waals surface area contributed by atoms with Crippen molar-refractivity contribution in [2.24, 2.45) is 0 Å². The van der Waals surface area contributed by atoms with Gasteiger partial charge in [-0.15, -0.1) is 0 Å². The summed E-state index contributed by atoms with van der Waals surface area (Å²) in [6, 6.07) is 0.502. The Morgan fingerprint density at radius 2 is 2.00 bits per heavy atom. The zero-order valence-electron chi connectivity index (χ0n) is 12.0. The summed E-state index contributed by atoms with van der Waals surface area (Å²) < 4.78 is 26.1. The summed E-state index contributed by atoms with van der Waals surface area (Å²) >= 11 is 0. The molecule has 1 saturated heterocycles. The third-order valence-corrected chi connectivity index (χ3v) is 5.32. The van der Waals surface area contributed by atoms with Gasteiger partial charge in [-0.2, -0.15) is 4.31 Å². The lowest BCUT2D eigenvalue weighted by atomic mass is 10.2. The second kappa shape index (κ2) is 6.84.